The van der Waals surface area contributed by atoms with Gasteiger partial charge in [-0.25, -0.2) is 8.42 Å². The van der Waals surface area contributed by atoms with Crippen LogP contribution in [0.2, 0.25) is 0 Å². The molecule has 2 aliphatic rings. The summed E-state index contributed by atoms with van der Waals surface area (Å²) in [5.41, 5.74) is 8.13. The topological polar surface area (TPSA) is 147 Å². The molecule has 0 amide bonds. The molecule has 2 aromatic carbocycles. The lowest BCUT2D eigenvalue weighted by Crippen LogP contribution is -2.40. The Kier molecular flexibility index (Phi) is 7.70. The molecular formula is C25H34N6O4S. The monoisotopic (exact) mass is 514 g/mol. The van der Waals surface area contributed by atoms with Crippen molar-refractivity contribution >= 4 is 27.5 Å². The highest BCUT2D eigenvalue weighted by Crippen LogP contribution is 2.29. The molecule has 5 N–H and O–H groups in total. The first-order valence-electron chi connectivity index (χ1n) is 12.1. The molecule has 0 aliphatic carbocycles. The Bertz CT molecular complexity index is 1210. The number of nitrogens with two attached hydrogens (primary N) is 1. The Morgan fingerprint density at radius 3 is 2.39 bits per heavy atom. The summed E-state index contributed by atoms with van der Waals surface area (Å²) in [4.78, 5) is 3.87. The van der Waals surface area contributed by atoms with Crippen LogP contribution in [0.25, 0.3) is 0 Å². The maximum absolute atomic E-state index is 13.5. The quantitative estimate of drug-likeness (QED) is 0.326. The second-order valence-electron chi connectivity index (χ2n) is 9.17. The Balaban J connectivity index is 1.50. The minimum atomic E-state index is -3.93. The van der Waals surface area contributed by atoms with Gasteiger partial charge in [-0.05, 0) is 60.9 Å². The zero-order valence-electron chi connectivity index (χ0n) is 20.5. The molecule has 2 heterocycles. The van der Waals surface area contributed by atoms with Gasteiger partial charge in [0.05, 0.1) is 29.6 Å². The Morgan fingerprint density at radius 2 is 1.78 bits per heavy atom. The number of aliphatic hydroxyl groups is 1. The third kappa shape index (κ3) is 5.57. The van der Waals surface area contributed by atoms with Gasteiger partial charge in [-0.15, -0.1) is 0 Å². The average molecular weight is 515 g/mol. The van der Waals surface area contributed by atoms with Gasteiger partial charge in [-0.3, -0.25) is 15.1 Å². The molecule has 0 unspecified atom stereocenters. The summed E-state index contributed by atoms with van der Waals surface area (Å²) in [7, 11) is -3.93. The van der Waals surface area contributed by atoms with E-state index in [1.54, 1.807) is 36.1 Å². The van der Waals surface area contributed by atoms with E-state index in [1.807, 2.05) is 11.0 Å². The molecule has 0 aromatic heterocycles. The van der Waals surface area contributed by atoms with Crippen molar-refractivity contribution < 1.29 is 18.3 Å². The SMILES string of the molecule is CC(=N)N1CCC(Oc2ccc(S(=O)(=O)N(CCO)c3ccc4c(c3)CN(C(=N)N)CC4)cc2)CC1. The second-order valence-corrected chi connectivity index (χ2v) is 11.0. The van der Waals surface area contributed by atoms with E-state index >= 15 is 0 Å². The molecule has 10 nitrogen and oxygen atoms in total. The molecule has 0 saturated carbocycles. The third-order valence-electron chi connectivity index (χ3n) is 6.76. The van der Waals surface area contributed by atoms with Gasteiger partial charge in [-0.1, -0.05) is 6.07 Å². The number of piperidine rings is 1. The minimum absolute atomic E-state index is 0.0106. The minimum Gasteiger partial charge on any atom is -0.490 e. The number of nitrogens with one attached hydrogen (secondary N) is 2. The van der Waals surface area contributed by atoms with E-state index < -0.39 is 10.0 Å². The van der Waals surface area contributed by atoms with Crippen molar-refractivity contribution in [3.8, 4) is 5.75 Å². The van der Waals surface area contributed by atoms with Crippen molar-refractivity contribution in [3.63, 3.8) is 0 Å². The summed E-state index contributed by atoms with van der Waals surface area (Å²) in [6.45, 7) is 4.00. The molecule has 2 aromatic rings. The number of aliphatic hydroxyl groups excluding tert-OH is 1. The van der Waals surface area contributed by atoms with Gasteiger partial charge in [0.25, 0.3) is 10.0 Å². The molecule has 0 spiro atoms. The molecule has 0 radical (unpaired) electrons. The first-order chi connectivity index (χ1) is 17.2. The number of amidine groups is 1. The van der Waals surface area contributed by atoms with Crippen molar-refractivity contribution in [3.05, 3.63) is 53.6 Å². The number of rotatable bonds is 7. The zero-order valence-corrected chi connectivity index (χ0v) is 21.3. The number of sulfonamides is 1. The van der Waals surface area contributed by atoms with Gasteiger partial charge in [0.2, 0.25) is 0 Å². The normalized spacial score (nSPS) is 16.4. The van der Waals surface area contributed by atoms with Crippen LogP contribution in [0.3, 0.4) is 0 Å². The summed E-state index contributed by atoms with van der Waals surface area (Å²) in [6, 6.07) is 11.9. The standard InChI is InChI=1S/C25H34N6O4S/c1-18(26)29-12-9-23(10-13-29)35-22-4-6-24(7-5-22)36(33,34)31(14-15-32)21-3-2-19-8-11-30(25(27)28)17-20(19)16-21/h2-7,16,23,26,32H,8-15,17H2,1H3,(H3,27,28). The first-order valence-corrected chi connectivity index (χ1v) is 13.5. The molecule has 0 atom stereocenters. The van der Waals surface area contributed by atoms with Crippen molar-refractivity contribution in [2.24, 2.45) is 5.73 Å². The van der Waals surface area contributed by atoms with Crippen LogP contribution in [0, 0.1) is 10.8 Å². The van der Waals surface area contributed by atoms with Gasteiger partial charge < -0.3 is 25.4 Å². The summed E-state index contributed by atoms with van der Waals surface area (Å²) in [5, 5.41) is 25.1. The maximum atomic E-state index is 13.5. The Morgan fingerprint density at radius 1 is 1.08 bits per heavy atom. The van der Waals surface area contributed by atoms with E-state index in [-0.39, 0.29) is 30.1 Å². The van der Waals surface area contributed by atoms with Crippen molar-refractivity contribution in [2.45, 2.75) is 43.7 Å². The molecule has 11 heteroatoms. The average Bonchev–Trinajstić information content (AvgIpc) is 2.87. The molecule has 36 heavy (non-hydrogen) atoms. The predicted molar refractivity (Wildman–Crippen MR) is 139 cm³/mol. The van der Waals surface area contributed by atoms with E-state index in [2.05, 4.69) is 0 Å². The molecule has 1 fully saturated rings. The number of anilines is 1. The number of nitrogens with zero attached hydrogens (tertiary/aromatic N) is 3. The molecule has 2 aliphatic heterocycles. The fourth-order valence-corrected chi connectivity index (χ4v) is 6.15. The Hall–Kier alpha value is -3.31. The van der Waals surface area contributed by atoms with Crippen LogP contribution >= 0.6 is 0 Å². The van der Waals surface area contributed by atoms with Gasteiger partial charge in [0, 0.05) is 39.0 Å². The number of benzene rings is 2. The Labute approximate surface area is 212 Å². The number of hydrogen-bond acceptors (Lipinski definition) is 6. The zero-order chi connectivity index (χ0) is 25.9. The fourth-order valence-electron chi connectivity index (χ4n) is 4.70. The third-order valence-corrected chi connectivity index (χ3v) is 8.61. The lowest BCUT2D eigenvalue weighted by Gasteiger charge is -2.32. The highest BCUT2D eigenvalue weighted by atomic mass is 32.2. The number of guanidine groups is 1. The summed E-state index contributed by atoms with van der Waals surface area (Å²) >= 11 is 0. The molecule has 194 valence electrons. The molecule has 1 saturated heterocycles. The highest BCUT2D eigenvalue weighted by molar-refractivity contribution is 7.92. The van der Waals surface area contributed by atoms with Crippen LogP contribution in [0.4, 0.5) is 5.69 Å². The van der Waals surface area contributed by atoms with Crippen LogP contribution < -0.4 is 14.8 Å². The van der Waals surface area contributed by atoms with Gasteiger partial charge in [-0.2, -0.15) is 0 Å². The van der Waals surface area contributed by atoms with Gasteiger partial charge in [0.1, 0.15) is 11.9 Å². The number of fused-ring (bicyclic) bond motifs is 1. The molecule has 0 bridgehead atoms. The lowest BCUT2D eigenvalue weighted by molar-refractivity contribution is 0.130. The van der Waals surface area contributed by atoms with Crippen molar-refractivity contribution in [1.29, 1.82) is 10.8 Å². The lowest BCUT2D eigenvalue weighted by atomic mass is 9.99. The van der Waals surface area contributed by atoms with Crippen LogP contribution in [-0.2, 0) is 23.0 Å². The van der Waals surface area contributed by atoms with Crippen LogP contribution in [0.5, 0.6) is 5.75 Å². The largest absolute Gasteiger partial charge is 0.490 e. The number of likely N-dealkylation sites (tertiary alicyclic amines) is 1. The summed E-state index contributed by atoms with van der Waals surface area (Å²) < 4.78 is 34.4. The second kappa shape index (κ2) is 10.8. The fraction of sp³-hybridized carbons (Fsp3) is 0.440. The summed E-state index contributed by atoms with van der Waals surface area (Å²) in [6.07, 6.45) is 2.36. The van der Waals surface area contributed by atoms with Crippen LogP contribution in [0.1, 0.15) is 30.9 Å². The van der Waals surface area contributed by atoms with E-state index in [9.17, 15) is 13.5 Å². The smallest absolute Gasteiger partial charge is 0.264 e. The van der Waals surface area contributed by atoms with E-state index in [1.165, 1.54) is 16.4 Å². The van der Waals surface area contributed by atoms with E-state index in [0.717, 1.165) is 43.5 Å². The molecule has 4 rings (SSSR count). The van der Waals surface area contributed by atoms with Crippen LogP contribution in [-0.4, -0.2) is 74.0 Å². The number of ether oxygens (including phenoxy) is 1. The first kappa shape index (κ1) is 25.8. The van der Waals surface area contributed by atoms with E-state index in [0.29, 0.717) is 30.4 Å². The number of hydrogen-bond donors (Lipinski definition) is 4. The van der Waals surface area contributed by atoms with Gasteiger partial charge in [0.15, 0.2) is 5.96 Å². The van der Waals surface area contributed by atoms with Crippen LogP contribution in [0.15, 0.2) is 47.4 Å². The highest BCUT2D eigenvalue weighted by Gasteiger charge is 2.27. The predicted octanol–water partition coefficient (Wildman–Crippen LogP) is 1.97. The van der Waals surface area contributed by atoms with Gasteiger partial charge >= 0.3 is 0 Å². The molecular weight excluding hydrogens is 480 g/mol. The van der Waals surface area contributed by atoms with E-state index in [4.69, 9.17) is 21.3 Å². The maximum Gasteiger partial charge on any atom is 0.264 e. The van der Waals surface area contributed by atoms with Crippen molar-refractivity contribution in [2.75, 3.05) is 37.1 Å². The van der Waals surface area contributed by atoms with Crippen molar-refractivity contribution in [1.82, 2.24) is 9.80 Å². The summed E-state index contributed by atoms with van der Waals surface area (Å²) in [5.74, 6) is 1.15.